The second-order valence-electron chi connectivity index (χ2n) is 7.07. The highest BCUT2D eigenvalue weighted by Gasteiger charge is 2.16. The predicted molar refractivity (Wildman–Crippen MR) is 127 cm³/mol. The second-order valence-corrected chi connectivity index (χ2v) is 9.04. The molecule has 0 aliphatic carbocycles. The lowest BCUT2D eigenvalue weighted by Crippen LogP contribution is -2.04. The molecule has 0 amide bonds. The van der Waals surface area contributed by atoms with Gasteiger partial charge in [-0.2, -0.15) is 0 Å². The molecule has 5 rings (SSSR count). The lowest BCUT2D eigenvalue weighted by molar-refractivity contribution is 0.414. The van der Waals surface area contributed by atoms with E-state index in [9.17, 15) is 4.79 Å². The van der Waals surface area contributed by atoms with E-state index in [0.717, 1.165) is 27.6 Å². The molecule has 0 saturated carbocycles. The van der Waals surface area contributed by atoms with Crippen LogP contribution in [0.2, 0.25) is 0 Å². The average molecular weight is 462 g/mol. The molecule has 6 nitrogen and oxygen atoms in total. The van der Waals surface area contributed by atoms with Crippen molar-refractivity contribution in [1.82, 2.24) is 14.8 Å². The molecule has 0 N–H and O–H groups in total. The summed E-state index contributed by atoms with van der Waals surface area (Å²) in [6, 6.07) is 21.3. The first-order valence-electron chi connectivity index (χ1n) is 9.97. The van der Waals surface area contributed by atoms with Crippen LogP contribution in [0.25, 0.3) is 16.7 Å². The van der Waals surface area contributed by atoms with Gasteiger partial charge in [-0.05, 0) is 41.3 Å². The van der Waals surface area contributed by atoms with Crippen LogP contribution in [0.3, 0.4) is 0 Å². The van der Waals surface area contributed by atoms with E-state index in [0.29, 0.717) is 23.5 Å². The molecule has 0 bridgehead atoms. The van der Waals surface area contributed by atoms with Gasteiger partial charge < -0.3 is 9.15 Å². The van der Waals surface area contributed by atoms with Gasteiger partial charge in [0, 0.05) is 40.3 Å². The SMILES string of the molecule is COc1ccc2c(CSc3nnc(Cc4cccs4)n3-c3ccccc3)cc(=O)oc2c1. The van der Waals surface area contributed by atoms with Crippen molar-refractivity contribution >= 4 is 34.1 Å². The molecule has 5 aromatic rings. The molecule has 0 saturated heterocycles. The molecule has 0 radical (unpaired) electrons. The Hall–Kier alpha value is -3.36. The summed E-state index contributed by atoms with van der Waals surface area (Å²) in [5.41, 5.74) is 2.01. The molecule has 160 valence electrons. The molecule has 3 heterocycles. The number of hydrogen-bond donors (Lipinski definition) is 0. The van der Waals surface area contributed by atoms with Crippen LogP contribution in [0.5, 0.6) is 5.75 Å². The van der Waals surface area contributed by atoms with E-state index in [1.54, 1.807) is 36.3 Å². The van der Waals surface area contributed by atoms with Gasteiger partial charge in [0.2, 0.25) is 0 Å². The number of thioether (sulfide) groups is 1. The van der Waals surface area contributed by atoms with Gasteiger partial charge in [0.15, 0.2) is 5.16 Å². The summed E-state index contributed by atoms with van der Waals surface area (Å²) >= 11 is 3.25. The molecule has 32 heavy (non-hydrogen) atoms. The topological polar surface area (TPSA) is 70.2 Å². The van der Waals surface area contributed by atoms with Crippen molar-refractivity contribution in [2.45, 2.75) is 17.3 Å². The minimum atomic E-state index is -0.385. The van der Waals surface area contributed by atoms with Gasteiger partial charge in [0.05, 0.1) is 7.11 Å². The van der Waals surface area contributed by atoms with Crippen molar-refractivity contribution in [2.24, 2.45) is 0 Å². The van der Waals surface area contributed by atoms with Crippen LogP contribution < -0.4 is 10.4 Å². The number of benzene rings is 2. The zero-order chi connectivity index (χ0) is 21.9. The van der Waals surface area contributed by atoms with Crippen molar-refractivity contribution in [3.63, 3.8) is 0 Å². The van der Waals surface area contributed by atoms with E-state index in [4.69, 9.17) is 9.15 Å². The van der Waals surface area contributed by atoms with Crippen LogP contribution in [0.4, 0.5) is 0 Å². The first-order chi connectivity index (χ1) is 15.7. The summed E-state index contributed by atoms with van der Waals surface area (Å²) in [6.07, 6.45) is 0.706. The number of methoxy groups -OCH3 is 1. The molecule has 0 unspecified atom stereocenters. The predicted octanol–water partition coefficient (Wildman–Crippen LogP) is 5.33. The first-order valence-corrected chi connectivity index (χ1v) is 11.8. The smallest absolute Gasteiger partial charge is 0.336 e. The van der Waals surface area contributed by atoms with Crippen molar-refractivity contribution in [3.05, 3.63) is 98.8 Å². The summed E-state index contributed by atoms with van der Waals surface area (Å²) < 4.78 is 12.7. The fourth-order valence-corrected chi connectivity index (χ4v) is 5.18. The van der Waals surface area contributed by atoms with Crippen LogP contribution in [0.1, 0.15) is 16.3 Å². The number of para-hydroxylation sites is 1. The molecular formula is C24H19N3O3S2. The van der Waals surface area contributed by atoms with Gasteiger partial charge in [-0.15, -0.1) is 21.5 Å². The Morgan fingerprint density at radius 3 is 2.72 bits per heavy atom. The van der Waals surface area contributed by atoms with Gasteiger partial charge in [0.1, 0.15) is 17.2 Å². The van der Waals surface area contributed by atoms with Crippen LogP contribution in [0, 0.1) is 0 Å². The highest BCUT2D eigenvalue weighted by Crippen LogP contribution is 2.30. The van der Waals surface area contributed by atoms with Gasteiger partial charge in [0.25, 0.3) is 0 Å². The van der Waals surface area contributed by atoms with Crippen LogP contribution >= 0.6 is 23.1 Å². The molecule has 0 fully saturated rings. The number of aromatic nitrogens is 3. The van der Waals surface area contributed by atoms with Gasteiger partial charge in [-0.1, -0.05) is 36.0 Å². The Morgan fingerprint density at radius 1 is 1.06 bits per heavy atom. The molecule has 8 heteroatoms. The van der Waals surface area contributed by atoms with Crippen LogP contribution in [0.15, 0.2) is 86.5 Å². The van der Waals surface area contributed by atoms with Crippen LogP contribution in [-0.2, 0) is 12.2 Å². The van der Waals surface area contributed by atoms with Crippen molar-refractivity contribution in [3.8, 4) is 11.4 Å². The van der Waals surface area contributed by atoms with E-state index in [1.807, 2.05) is 48.5 Å². The van der Waals surface area contributed by atoms with E-state index >= 15 is 0 Å². The molecule has 0 atom stereocenters. The van der Waals surface area contributed by atoms with Gasteiger partial charge in [-0.3, -0.25) is 4.57 Å². The van der Waals surface area contributed by atoms with E-state index in [-0.39, 0.29) is 5.63 Å². The quantitative estimate of drug-likeness (QED) is 0.241. The van der Waals surface area contributed by atoms with Crippen molar-refractivity contribution in [2.75, 3.05) is 7.11 Å². The summed E-state index contributed by atoms with van der Waals surface area (Å²) in [5, 5.41) is 12.7. The van der Waals surface area contributed by atoms with E-state index < -0.39 is 0 Å². The van der Waals surface area contributed by atoms with Crippen molar-refractivity contribution in [1.29, 1.82) is 0 Å². The Labute approximate surface area is 192 Å². The minimum Gasteiger partial charge on any atom is -0.497 e. The molecule has 0 aliphatic rings. The number of nitrogens with zero attached hydrogens (tertiary/aromatic N) is 3. The summed E-state index contributed by atoms with van der Waals surface area (Å²) in [6.45, 7) is 0. The maximum absolute atomic E-state index is 12.1. The fourth-order valence-electron chi connectivity index (χ4n) is 3.51. The zero-order valence-corrected chi connectivity index (χ0v) is 18.9. The van der Waals surface area contributed by atoms with Gasteiger partial charge >= 0.3 is 5.63 Å². The molecule has 0 aliphatic heterocycles. The Bertz CT molecular complexity index is 1410. The number of thiophene rings is 1. The highest BCUT2D eigenvalue weighted by molar-refractivity contribution is 7.98. The molecule has 2 aromatic carbocycles. The number of hydrogen-bond acceptors (Lipinski definition) is 7. The Balaban J connectivity index is 1.50. The molecule has 3 aromatic heterocycles. The van der Waals surface area contributed by atoms with E-state index in [2.05, 4.69) is 26.2 Å². The lowest BCUT2D eigenvalue weighted by atomic mass is 10.1. The highest BCUT2D eigenvalue weighted by atomic mass is 32.2. The maximum Gasteiger partial charge on any atom is 0.336 e. The average Bonchev–Trinajstić information content (AvgIpc) is 3.47. The summed E-state index contributed by atoms with van der Waals surface area (Å²) in [7, 11) is 1.59. The second kappa shape index (κ2) is 9.02. The van der Waals surface area contributed by atoms with E-state index in [1.165, 1.54) is 10.9 Å². The van der Waals surface area contributed by atoms with Crippen LogP contribution in [-0.4, -0.2) is 21.9 Å². The molecule has 0 spiro atoms. The summed E-state index contributed by atoms with van der Waals surface area (Å²) in [5.74, 6) is 2.08. The van der Waals surface area contributed by atoms with Gasteiger partial charge in [-0.25, -0.2) is 4.79 Å². The summed E-state index contributed by atoms with van der Waals surface area (Å²) in [4.78, 5) is 13.4. The standard InChI is InChI=1S/C24H19N3O3S2/c1-29-18-9-10-20-16(12-23(28)30-21(20)13-18)15-32-24-26-25-22(14-19-8-5-11-31-19)27(24)17-6-3-2-4-7-17/h2-13H,14-15H2,1H3. The number of fused-ring (bicyclic) bond motifs is 1. The fraction of sp³-hybridized carbons (Fsp3) is 0.125. The zero-order valence-electron chi connectivity index (χ0n) is 17.2. The third kappa shape index (κ3) is 4.19. The number of ether oxygens (including phenoxy) is 1. The minimum absolute atomic E-state index is 0.385. The third-order valence-electron chi connectivity index (χ3n) is 5.02. The first kappa shape index (κ1) is 20.5. The Kier molecular flexibility index (Phi) is 5.79. The Morgan fingerprint density at radius 2 is 1.94 bits per heavy atom. The third-order valence-corrected chi connectivity index (χ3v) is 6.88. The monoisotopic (exact) mass is 461 g/mol. The molecular weight excluding hydrogens is 442 g/mol. The maximum atomic E-state index is 12.1. The van der Waals surface area contributed by atoms with Crippen molar-refractivity contribution < 1.29 is 9.15 Å². The lowest BCUT2D eigenvalue weighted by Gasteiger charge is -2.10. The number of rotatable bonds is 7. The largest absolute Gasteiger partial charge is 0.497 e. The normalized spacial score (nSPS) is 11.2.